The van der Waals surface area contributed by atoms with Gasteiger partial charge in [-0.05, 0) is 48.9 Å². The van der Waals surface area contributed by atoms with Crippen LogP contribution in [0.5, 0.6) is 0 Å². The number of benzene rings is 1. The number of nitrogens with one attached hydrogen (secondary N) is 1. The second-order valence-electron chi connectivity index (χ2n) is 5.30. The summed E-state index contributed by atoms with van der Waals surface area (Å²) >= 11 is 5.12. The molecule has 1 aliphatic rings. The predicted octanol–water partition coefficient (Wildman–Crippen LogP) is 4.42. The molecule has 1 N–H and O–H groups in total. The highest BCUT2D eigenvalue weighted by Gasteiger charge is 2.51. The van der Waals surface area contributed by atoms with Crippen molar-refractivity contribution in [3.05, 3.63) is 56.7 Å². The van der Waals surface area contributed by atoms with Crippen LogP contribution < -0.4 is 5.32 Å². The van der Waals surface area contributed by atoms with Gasteiger partial charge in [0.2, 0.25) is 5.91 Å². The van der Waals surface area contributed by atoms with Crippen molar-refractivity contribution in [3.63, 3.8) is 0 Å². The lowest BCUT2D eigenvalue weighted by Gasteiger charge is -2.19. The van der Waals surface area contributed by atoms with Gasteiger partial charge < -0.3 is 5.32 Å². The average molecular weight is 350 g/mol. The quantitative estimate of drug-likeness (QED) is 0.869. The first-order valence-corrected chi connectivity index (χ1v) is 8.39. The molecule has 4 heteroatoms. The van der Waals surface area contributed by atoms with Gasteiger partial charge in [0.15, 0.2) is 0 Å². The van der Waals surface area contributed by atoms with Crippen molar-refractivity contribution in [3.8, 4) is 0 Å². The van der Waals surface area contributed by atoms with Crippen LogP contribution in [-0.4, -0.2) is 5.91 Å². The fourth-order valence-electron chi connectivity index (χ4n) is 2.48. The van der Waals surface area contributed by atoms with E-state index in [0.29, 0.717) is 0 Å². The zero-order valence-corrected chi connectivity index (χ0v) is 13.6. The third-order valence-corrected chi connectivity index (χ3v) is 5.48. The highest BCUT2D eigenvalue weighted by atomic mass is 79.9. The monoisotopic (exact) mass is 349 g/mol. The molecule has 0 radical (unpaired) electrons. The second-order valence-corrected chi connectivity index (χ2v) is 7.19. The van der Waals surface area contributed by atoms with E-state index in [1.54, 1.807) is 11.3 Å². The first-order valence-electron chi connectivity index (χ1n) is 6.72. The molecular weight excluding hydrogens is 334 g/mol. The van der Waals surface area contributed by atoms with Gasteiger partial charge in [0.05, 0.1) is 11.5 Å². The van der Waals surface area contributed by atoms with Crippen molar-refractivity contribution in [1.82, 2.24) is 5.32 Å². The maximum absolute atomic E-state index is 12.6. The molecule has 1 aromatic carbocycles. The summed E-state index contributed by atoms with van der Waals surface area (Å²) < 4.78 is 1.05. The van der Waals surface area contributed by atoms with E-state index in [2.05, 4.69) is 27.3 Å². The van der Waals surface area contributed by atoms with Crippen LogP contribution in [0.3, 0.4) is 0 Å². The van der Waals surface area contributed by atoms with Gasteiger partial charge in [-0.2, -0.15) is 0 Å². The van der Waals surface area contributed by atoms with Crippen LogP contribution in [-0.2, 0) is 10.2 Å². The van der Waals surface area contributed by atoms with Gasteiger partial charge in [-0.1, -0.05) is 34.1 Å². The Balaban J connectivity index is 1.75. The summed E-state index contributed by atoms with van der Waals surface area (Å²) in [5.74, 6) is 0.153. The summed E-state index contributed by atoms with van der Waals surface area (Å²) in [7, 11) is 0. The van der Waals surface area contributed by atoms with Crippen LogP contribution in [0, 0.1) is 0 Å². The van der Waals surface area contributed by atoms with Gasteiger partial charge in [-0.3, -0.25) is 4.79 Å². The first-order chi connectivity index (χ1) is 9.62. The summed E-state index contributed by atoms with van der Waals surface area (Å²) in [4.78, 5) is 13.8. The number of carbonyl (C=O) groups is 1. The molecule has 1 aliphatic carbocycles. The molecule has 0 bridgehead atoms. The maximum Gasteiger partial charge on any atom is 0.231 e. The van der Waals surface area contributed by atoms with Crippen molar-refractivity contribution >= 4 is 33.2 Å². The van der Waals surface area contributed by atoms with Crippen LogP contribution in [0.1, 0.15) is 36.2 Å². The smallest absolute Gasteiger partial charge is 0.231 e. The van der Waals surface area contributed by atoms with Gasteiger partial charge in [0, 0.05) is 9.35 Å². The number of amides is 1. The Labute approximate surface area is 131 Å². The van der Waals surface area contributed by atoms with Gasteiger partial charge in [-0.25, -0.2) is 0 Å². The Morgan fingerprint density at radius 3 is 2.55 bits per heavy atom. The van der Waals surface area contributed by atoms with E-state index in [1.807, 2.05) is 42.6 Å². The summed E-state index contributed by atoms with van der Waals surface area (Å²) in [6.45, 7) is 2.04. The number of hydrogen-bond acceptors (Lipinski definition) is 2. The normalized spacial score (nSPS) is 17.5. The molecule has 1 saturated carbocycles. The summed E-state index contributed by atoms with van der Waals surface area (Å²) in [6, 6.07) is 12.3. The number of hydrogen-bond donors (Lipinski definition) is 1. The third kappa shape index (κ3) is 2.54. The Morgan fingerprint density at radius 1 is 1.30 bits per heavy atom. The minimum Gasteiger partial charge on any atom is -0.348 e. The largest absolute Gasteiger partial charge is 0.348 e. The van der Waals surface area contributed by atoms with Crippen molar-refractivity contribution in [2.75, 3.05) is 0 Å². The molecule has 1 atom stereocenters. The van der Waals surface area contributed by atoms with E-state index in [1.165, 1.54) is 4.88 Å². The van der Waals surface area contributed by atoms with Crippen molar-refractivity contribution < 1.29 is 4.79 Å². The lowest BCUT2D eigenvalue weighted by atomic mass is 9.94. The molecule has 0 unspecified atom stereocenters. The van der Waals surface area contributed by atoms with Gasteiger partial charge in [0.1, 0.15) is 0 Å². The number of thiophene rings is 1. The Kier molecular flexibility index (Phi) is 3.69. The minimum absolute atomic E-state index is 0.0791. The SMILES string of the molecule is C[C@@H](NC(=O)C1(c2ccc(Br)cc2)CC1)c1cccs1. The van der Waals surface area contributed by atoms with E-state index in [-0.39, 0.29) is 17.4 Å². The maximum atomic E-state index is 12.6. The van der Waals surface area contributed by atoms with Gasteiger partial charge in [-0.15, -0.1) is 11.3 Å². The summed E-state index contributed by atoms with van der Waals surface area (Å²) in [5, 5.41) is 5.20. The number of carbonyl (C=O) groups excluding carboxylic acids is 1. The third-order valence-electron chi connectivity index (χ3n) is 3.90. The molecule has 1 fully saturated rings. The van der Waals surface area contributed by atoms with Crippen LogP contribution >= 0.6 is 27.3 Å². The fraction of sp³-hybridized carbons (Fsp3) is 0.312. The Bertz CT molecular complexity index is 602. The van der Waals surface area contributed by atoms with Gasteiger partial charge >= 0.3 is 0 Å². The van der Waals surface area contributed by atoms with Crippen LogP contribution in [0.25, 0.3) is 0 Å². The standard InChI is InChI=1S/C16H16BrNOS/c1-11(14-3-2-10-20-14)18-15(19)16(8-9-16)12-4-6-13(17)7-5-12/h2-7,10-11H,8-9H2,1H3,(H,18,19)/t11-/m1/s1. The molecule has 2 nitrogen and oxygen atoms in total. The topological polar surface area (TPSA) is 29.1 Å². The molecule has 1 aromatic heterocycles. The Morgan fingerprint density at radius 2 is 2.00 bits per heavy atom. The molecule has 104 valence electrons. The van der Waals surface area contributed by atoms with E-state index in [0.717, 1.165) is 22.9 Å². The van der Waals surface area contributed by atoms with Crippen LogP contribution in [0.4, 0.5) is 0 Å². The molecule has 1 heterocycles. The Hall–Kier alpha value is -1.13. The molecule has 3 rings (SSSR count). The fourth-order valence-corrected chi connectivity index (χ4v) is 3.48. The molecule has 0 spiro atoms. The predicted molar refractivity (Wildman–Crippen MR) is 85.9 cm³/mol. The first kappa shape index (κ1) is 13.8. The van der Waals surface area contributed by atoms with Crippen LogP contribution in [0.15, 0.2) is 46.3 Å². The zero-order chi connectivity index (χ0) is 14.2. The molecular formula is C16H16BrNOS. The van der Waals surface area contributed by atoms with Gasteiger partial charge in [0.25, 0.3) is 0 Å². The van der Waals surface area contributed by atoms with E-state index in [9.17, 15) is 4.79 Å². The molecule has 1 amide bonds. The van der Waals surface area contributed by atoms with E-state index >= 15 is 0 Å². The van der Waals surface area contributed by atoms with Crippen molar-refractivity contribution in [2.24, 2.45) is 0 Å². The van der Waals surface area contributed by atoms with E-state index < -0.39 is 0 Å². The lowest BCUT2D eigenvalue weighted by Crippen LogP contribution is -2.36. The number of halogens is 1. The molecule has 0 saturated heterocycles. The minimum atomic E-state index is -0.299. The highest BCUT2D eigenvalue weighted by Crippen LogP contribution is 2.49. The van der Waals surface area contributed by atoms with Crippen LogP contribution in [0.2, 0.25) is 0 Å². The molecule has 0 aliphatic heterocycles. The van der Waals surface area contributed by atoms with Crippen molar-refractivity contribution in [2.45, 2.75) is 31.2 Å². The second kappa shape index (κ2) is 5.34. The summed E-state index contributed by atoms with van der Waals surface area (Å²) in [5.41, 5.74) is 0.822. The number of rotatable bonds is 4. The van der Waals surface area contributed by atoms with Crippen molar-refractivity contribution in [1.29, 1.82) is 0 Å². The molecule has 20 heavy (non-hydrogen) atoms. The van der Waals surface area contributed by atoms with E-state index in [4.69, 9.17) is 0 Å². The lowest BCUT2D eigenvalue weighted by molar-refractivity contribution is -0.124. The zero-order valence-electron chi connectivity index (χ0n) is 11.2. The highest BCUT2D eigenvalue weighted by molar-refractivity contribution is 9.10. The average Bonchev–Trinajstić information content (AvgIpc) is 3.06. The molecule has 2 aromatic rings. The summed E-state index contributed by atoms with van der Waals surface area (Å²) in [6.07, 6.45) is 1.88.